The predicted octanol–water partition coefficient (Wildman–Crippen LogP) is 3.95. The van der Waals surface area contributed by atoms with Gasteiger partial charge in [-0.3, -0.25) is 9.59 Å². The Labute approximate surface area is 210 Å². The molecule has 0 radical (unpaired) electrons. The van der Waals surface area contributed by atoms with Crippen LogP contribution in [0.5, 0.6) is 0 Å². The Hall–Kier alpha value is -3.71. The topological polar surface area (TPSA) is 95.1 Å². The molecule has 3 aromatic rings. The molecule has 5 rings (SSSR count). The zero-order valence-corrected chi connectivity index (χ0v) is 20.3. The predicted molar refractivity (Wildman–Crippen MR) is 138 cm³/mol. The van der Waals surface area contributed by atoms with Gasteiger partial charge in [-0.05, 0) is 37.0 Å². The summed E-state index contributed by atoms with van der Waals surface area (Å²) in [4.78, 5) is 33.3. The number of rotatable bonds is 9. The molecule has 2 N–H and O–H groups in total. The van der Waals surface area contributed by atoms with E-state index in [2.05, 4.69) is 5.32 Å². The monoisotopic (exact) mass is 485 g/mol. The first-order valence-corrected chi connectivity index (χ1v) is 12.5. The van der Waals surface area contributed by atoms with E-state index in [9.17, 15) is 14.7 Å². The fourth-order valence-electron chi connectivity index (χ4n) is 4.78. The number of carbonyl (C=O) groups excluding carboxylic acids is 2. The molecule has 2 amide bonds. The van der Waals surface area contributed by atoms with Gasteiger partial charge in [-0.1, -0.05) is 61.4 Å². The highest BCUT2D eigenvalue weighted by Gasteiger charge is 2.37. The number of aryl methyl sites for hydroxylation is 1. The number of furan rings is 1. The van der Waals surface area contributed by atoms with Gasteiger partial charge in [0, 0.05) is 24.6 Å². The largest absolute Gasteiger partial charge is 0.469 e. The molecule has 2 heterocycles. The minimum Gasteiger partial charge on any atom is -0.469 e. The SMILES string of the molecule is CN1C(=O)[C@@H](NC(=O)C(CC2CC2)C(O)CCc2ccco2)N=C(c2ccccc2)c2ccccc21. The highest BCUT2D eigenvalue weighted by Crippen LogP contribution is 2.37. The molecule has 1 fully saturated rings. The summed E-state index contributed by atoms with van der Waals surface area (Å²) in [5.74, 6) is -0.0829. The third-order valence-electron chi connectivity index (χ3n) is 7.02. The van der Waals surface area contributed by atoms with Crippen molar-refractivity contribution in [1.82, 2.24) is 5.32 Å². The van der Waals surface area contributed by atoms with E-state index in [4.69, 9.17) is 9.41 Å². The van der Waals surface area contributed by atoms with Crippen molar-refractivity contribution in [2.24, 2.45) is 16.8 Å². The number of aliphatic hydroxyl groups is 1. The molecule has 2 aliphatic rings. The Bertz CT molecular complexity index is 1230. The standard InChI is InChI=1S/C29H31N3O4/c1-32-24-12-6-5-11-22(24)26(20-8-3-2-4-9-20)30-27(29(32)35)31-28(34)23(18-19-13-14-19)25(33)16-15-21-10-7-17-36-21/h2-12,17,19,23,25,27,33H,13-16,18H2,1H3,(H,31,34)/t23?,25?,27-/m1/s1. The van der Waals surface area contributed by atoms with E-state index in [1.54, 1.807) is 18.2 Å². The highest BCUT2D eigenvalue weighted by atomic mass is 16.3. The molecule has 2 aromatic carbocycles. The second-order valence-electron chi connectivity index (χ2n) is 9.64. The smallest absolute Gasteiger partial charge is 0.272 e. The lowest BCUT2D eigenvalue weighted by Crippen LogP contribution is -2.49. The molecule has 0 saturated heterocycles. The van der Waals surface area contributed by atoms with Crippen LogP contribution in [0.25, 0.3) is 0 Å². The zero-order chi connectivity index (χ0) is 25.1. The van der Waals surface area contributed by atoms with Crippen molar-refractivity contribution < 1.29 is 19.1 Å². The lowest BCUT2D eigenvalue weighted by molar-refractivity contribution is -0.133. The number of nitrogens with one attached hydrogen (secondary N) is 1. The Kier molecular flexibility index (Phi) is 7.00. The van der Waals surface area contributed by atoms with E-state index in [1.165, 1.54) is 0 Å². The van der Waals surface area contributed by atoms with E-state index in [0.717, 1.165) is 35.4 Å². The molecule has 1 saturated carbocycles. The third-order valence-corrected chi connectivity index (χ3v) is 7.02. The molecule has 186 valence electrons. The van der Waals surface area contributed by atoms with E-state index in [1.807, 2.05) is 66.7 Å². The molecule has 36 heavy (non-hydrogen) atoms. The number of amides is 2. The summed E-state index contributed by atoms with van der Waals surface area (Å²) in [7, 11) is 1.70. The average Bonchev–Trinajstić information content (AvgIpc) is 3.60. The van der Waals surface area contributed by atoms with Crippen LogP contribution in [0.4, 0.5) is 5.69 Å². The number of benzodiazepines with no additional fused rings is 1. The van der Waals surface area contributed by atoms with Gasteiger partial charge in [0.2, 0.25) is 12.1 Å². The van der Waals surface area contributed by atoms with Gasteiger partial charge in [0.05, 0.1) is 29.7 Å². The number of para-hydroxylation sites is 1. The third kappa shape index (κ3) is 5.26. The van der Waals surface area contributed by atoms with Crippen molar-refractivity contribution in [1.29, 1.82) is 0 Å². The number of nitrogens with zero attached hydrogens (tertiary/aromatic N) is 2. The Morgan fingerprint density at radius 3 is 2.58 bits per heavy atom. The highest BCUT2D eigenvalue weighted by molar-refractivity contribution is 6.20. The minimum atomic E-state index is -1.09. The number of likely N-dealkylation sites (N-methyl/N-ethyl adjacent to an activating group) is 1. The molecule has 1 aliphatic heterocycles. The van der Waals surface area contributed by atoms with Crippen molar-refractivity contribution >= 4 is 23.2 Å². The Morgan fingerprint density at radius 1 is 1.11 bits per heavy atom. The first-order chi connectivity index (χ1) is 17.5. The number of aliphatic hydroxyl groups excluding tert-OH is 1. The maximum atomic E-state index is 13.5. The van der Waals surface area contributed by atoms with E-state index < -0.39 is 18.2 Å². The summed E-state index contributed by atoms with van der Waals surface area (Å²) in [6.45, 7) is 0. The first-order valence-electron chi connectivity index (χ1n) is 12.5. The van der Waals surface area contributed by atoms with Crippen molar-refractivity contribution in [2.45, 2.75) is 44.4 Å². The van der Waals surface area contributed by atoms with Crippen LogP contribution in [0.1, 0.15) is 42.6 Å². The molecule has 7 heteroatoms. The summed E-state index contributed by atoms with van der Waals surface area (Å²) in [6, 6.07) is 20.9. The summed E-state index contributed by atoms with van der Waals surface area (Å²) in [5.41, 5.74) is 3.06. The average molecular weight is 486 g/mol. The first kappa shape index (κ1) is 24.0. The maximum Gasteiger partial charge on any atom is 0.272 e. The minimum absolute atomic E-state index is 0.322. The Balaban J connectivity index is 1.41. The normalized spacial score (nSPS) is 19.2. The number of fused-ring (bicyclic) bond motifs is 1. The van der Waals surface area contributed by atoms with Gasteiger partial charge in [-0.25, -0.2) is 4.99 Å². The number of hydrogen-bond donors (Lipinski definition) is 2. The van der Waals surface area contributed by atoms with Crippen LogP contribution < -0.4 is 10.2 Å². The van der Waals surface area contributed by atoms with E-state index in [-0.39, 0.29) is 11.8 Å². The van der Waals surface area contributed by atoms with Crippen molar-refractivity contribution in [3.63, 3.8) is 0 Å². The number of anilines is 1. The molecule has 1 aliphatic carbocycles. The molecular weight excluding hydrogens is 454 g/mol. The van der Waals surface area contributed by atoms with Crippen molar-refractivity contribution in [3.05, 3.63) is 89.9 Å². The fourth-order valence-corrected chi connectivity index (χ4v) is 4.78. The van der Waals surface area contributed by atoms with Crippen LogP contribution in [-0.4, -0.2) is 41.9 Å². The van der Waals surface area contributed by atoms with Crippen LogP contribution in [0.15, 0.2) is 82.4 Å². The second kappa shape index (κ2) is 10.5. The van der Waals surface area contributed by atoms with Crippen LogP contribution >= 0.6 is 0 Å². The van der Waals surface area contributed by atoms with Crippen LogP contribution in [0.2, 0.25) is 0 Å². The molecule has 0 bridgehead atoms. The van der Waals surface area contributed by atoms with Gasteiger partial charge in [-0.15, -0.1) is 0 Å². The number of hydrogen-bond acceptors (Lipinski definition) is 5. The lowest BCUT2D eigenvalue weighted by Gasteiger charge is -2.25. The van der Waals surface area contributed by atoms with Gasteiger partial charge >= 0.3 is 0 Å². The molecule has 3 atom stereocenters. The number of carbonyl (C=O) groups is 2. The van der Waals surface area contributed by atoms with Crippen molar-refractivity contribution in [3.8, 4) is 0 Å². The summed E-state index contributed by atoms with van der Waals surface area (Å²) in [6.07, 6.45) is 3.33. The second-order valence-corrected chi connectivity index (χ2v) is 9.64. The number of benzene rings is 2. The van der Waals surface area contributed by atoms with Gasteiger partial charge in [0.25, 0.3) is 5.91 Å². The molecular formula is C29H31N3O4. The van der Waals surface area contributed by atoms with Crippen LogP contribution in [-0.2, 0) is 16.0 Å². The summed E-state index contributed by atoms with van der Waals surface area (Å²) < 4.78 is 5.38. The van der Waals surface area contributed by atoms with Gasteiger partial charge in [0.15, 0.2) is 0 Å². The molecule has 7 nitrogen and oxygen atoms in total. The van der Waals surface area contributed by atoms with Crippen LogP contribution in [0.3, 0.4) is 0 Å². The fraction of sp³-hybridized carbons (Fsp3) is 0.345. The van der Waals surface area contributed by atoms with E-state index >= 15 is 0 Å². The molecule has 0 spiro atoms. The maximum absolute atomic E-state index is 13.5. The quantitative estimate of drug-likeness (QED) is 0.480. The Morgan fingerprint density at radius 2 is 1.86 bits per heavy atom. The molecule has 1 aromatic heterocycles. The van der Waals surface area contributed by atoms with Gasteiger partial charge < -0.3 is 19.7 Å². The molecule has 2 unspecified atom stereocenters. The lowest BCUT2D eigenvalue weighted by atomic mass is 9.91. The van der Waals surface area contributed by atoms with Gasteiger partial charge in [-0.2, -0.15) is 0 Å². The van der Waals surface area contributed by atoms with Crippen molar-refractivity contribution in [2.75, 3.05) is 11.9 Å². The van der Waals surface area contributed by atoms with Gasteiger partial charge in [0.1, 0.15) is 5.76 Å². The zero-order valence-electron chi connectivity index (χ0n) is 20.3. The summed E-state index contributed by atoms with van der Waals surface area (Å²) in [5, 5.41) is 13.9. The number of aliphatic imine (C=N–C) groups is 1. The summed E-state index contributed by atoms with van der Waals surface area (Å²) >= 11 is 0. The van der Waals surface area contributed by atoms with E-state index in [0.29, 0.717) is 30.9 Å². The van der Waals surface area contributed by atoms with Crippen LogP contribution in [0, 0.1) is 11.8 Å².